The van der Waals surface area contributed by atoms with E-state index in [1.54, 1.807) is 6.07 Å². The summed E-state index contributed by atoms with van der Waals surface area (Å²) in [6.07, 6.45) is 2.53. The lowest BCUT2D eigenvalue weighted by Gasteiger charge is -2.26. The molecule has 0 bridgehead atoms. The number of carboxylic acids is 1. The average molecular weight is 371 g/mol. The highest BCUT2D eigenvalue weighted by molar-refractivity contribution is 5.92. The van der Waals surface area contributed by atoms with Gasteiger partial charge in [-0.15, -0.1) is 0 Å². The lowest BCUT2D eigenvalue weighted by Crippen LogP contribution is -2.38. The fourth-order valence-corrected chi connectivity index (χ4v) is 3.31. The molecule has 1 aliphatic carbocycles. The van der Waals surface area contributed by atoms with Crippen molar-refractivity contribution < 1.29 is 23.8 Å². The highest BCUT2D eigenvalue weighted by atomic mass is 16.5. The van der Waals surface area contributed by atoms with Gasteiger partial charge in [0.1, 0.15) is 18.1 Å². The number of amides is 1. The van der Waals surface area contributed by atoms with Crippen LogP contribution in [0, 0.1) is 19.8 Å². The summed E-state index contributed by atoms with van der Waals surface area (Å²) in [7, 11) is 0. The molecule has 0 radical (unpaired) electrons. The van der Waals surface area contributed by atoms with Crippen LogP contribution in [0.5, 0.6) is 5.75 Å². The predicted molar refractivity (Wildman–Crippen MR) is 99.8 cm³/mol. The van der Waals surface area contributed by atoms with Crippen molar-refractivity contribution in [1.82, 2.24) is 5.32 Å². The van der Waals surface area contributed by atoms with Gasteiger partial charge in [0.15, 0.2) is 5.76 Å². The van der Waals surface area contributed by atoms with Crippen LogP contribution < -0.4 is 10.1 Å². The fourth-order valence-electron chi connectivity index (χ4n) is 3.31. The second kappa shape index (κ2) is 8.29. The largest absolute Gasteiger partial charge is 0.489 e. The molecule has 144 valence electrons. The van der Waals surface area contributed by atoms with Gasteiger partial charge < -0.3 is 19.6 Å². The standard InChI is InChI=1S/C21H25NO5/c1-13-3-9-18(10-4-13)26-12-16-11-19(27-14(16)2)20(23)22-17-7-5-15(6-8-17)21(24)25/h3-4,9-11,15,17H,5-8,12H2,1-2H3,(H,22,23)(H,24,25). The number of nitrogens with one attached hydrogen (secondary N) is 1. The van der Waals surface area contributed by atoms with Crippen molar-refractivity contribution in [2.24, 2.45) is 5.92 Å². The molecule has 0 unspecified atom stereocenters. The average Bonchev–Trinajstić information content (AvgIpc) is 3.03. The van der Waals surface area contributed by atoms with Gasteiger partial charge in [-0.3, -0.25) is 9.59 Å². The summed E-state index contributed by atoms with van der Waals surface area (Å²) in [4.78, 5) is 23.5. The van der Waals surface area contributed by atoms with Gasteiger partial charge in [-0.2, -0.15) is 0 Å². The molecule has 0 saturated heterocycles. The maximum absolute atomic E-state index is 12.4. The number of aryl methyl sites for hydroxylation is 2. The molecule has 0 aliphatic heterocycles. The number of carbonyl (C=O) groups is 2. The van der Waals surface area contributed by atoms with Gasteiger partial charge in [-0.05, 0) is 57.7 Å². The minimum absolute atomic E-state index is 0.00855. The van der Waals surface area contributed by atoms with Crippen molar-refractivity contribution in [2.45, 2.75) is 52.2 Å². The van der Waals surface area contributed by atoms with Crippen molar-refractivity contribution in [3.05, 3.63) is 53.0 Å². The summed E-state index contributed by atoms with van der Waals surface area (Å²) in [6.45, 7) is 4.15. The van der Waals surface area contributed by atoms with E-state index in [0.717, 1.165) is 16.9 Å². The Labute approximate surface area is 158 Å². The van der Waals surface area contributed by atoms with Crippen molar-refractivity contribution in [2.75, 3.05) is 0 Å². The second-order valence-electron chi connectivity index (χ2n) is 7.15. The molecule has 1 aromatic carbocycles. The van der Waals surface area contributed by atoms with Crippen LogP contribution >= 0.6 is 0 Å². The highest BCUT2D eigenvalue weighted by Crippen LogP contribution is 2.25. The van der Waals surface area contributed by atoms with E-state index in [4.69, 9.17) is 14.3 Å². The minimum Gasteiger partial charge on any atom is -0.489 e. The smallest absolute Gasteiger partial charge is 0.306 e. The predicted octanol–water partition coefficient (Wildman–Crippen LogP) is 3.85. The van der Waals surface area contributed by atoms with E-state index >= 15 is 0 Å². The third kappa shape index (κ3) is 4.90. The number of hydrogen-bond acceptors (Lipinski definition) is 4. The minimum atomic E-state index is -0.750. The van der Waals surface area contributed by atoms with E-state index in [1.807, 2.05) is 38.1 Å². The van der Waals surface area contributed by atoms with Gasteiger partial charge in [-0.1, -0.05) is 17.7 Å². The van der Waals surface area contributed by atoms with Crippen molar-refractivity contribution in [3.63, 3.8) is 0 Å². The summed E-state index contributed by atoms with van der Waals surface area (Å²) in [5.74, 6) is 0.368. The molecular weight excluding hydrogens is 346 g/mol. The Kier molecular flexibility index (Phi) is 5.84. The number of aliphatic carboxylic acids is 1. The first-order valence-electron chi connectivity index (χ1n) is 9.25. The van der Waals surface area contributed by atoms with Crippen molar-refractivity contribution in [3.8, 4) is 5.75 Å². The Bertz CT molecular complexity index is 800. The molecule has 2 N–H and O–H groups in total. The van der Waals surface area contributed by atoms with Gasteiger partial charge in [-0.25, -0.2) is 0 Å². The number of ether oxygens (including phenoxy) is 1. The quantitative estimate of drug-likeness (QED) is 0.805. The molecule has 1 heterocycles. The third-order valence-electron chi connectivity index (χ3n) is 5.07. The molecule has 1 fully saturated rings. The van der Waals surface area contributed by atoms with Crippen LogP contribution in [0.4, 0.5) is 0 Å². The zero-order valence-corrected chi connectivity index (χ0v) is 15.7. The van der Waals surface area contributed by atoms with Crippen LogP contribution in [0.15, 0.2) is 34.7 Å². The van der Waals surface area contributed by atoms with Crippen molar-refractivity contribution in [1.29, 1.82) is 0 Å². The van der Waals surface area contributed by atoms with E-state index in [0.29, 0.717) is 38.1 Å². The Hall–Kier alpha value is -2.76. The zero-order chi connectivity index (χ0) is 19.4. The Morgan fingerprint density at radius 1 is 1.15 bits per heavy atom. The van der Waals surface area contributed by atoms with Crippen LogP contribution in [-0.4, -0.2) is 23.0 Å². The number of hydrogen-bond donors (Lipinski definition) is 2. The summed E-state index contributed by atoms with van der Waals surface area (Å²) >= 11 is 0. The Morgan fingerprint density at radius 3 is 2.44 bits per heavy atom. The monoisotopic (exact) mass is 371 g/mol. The third-order valence-corrected chi connectivity index (χ3v) is 5.07. The van der Waals surface area contributed by atoms with E-state index in [-0.39, 0.29) is 23.6 Å². The molecule has 1 aromatic heterocycles. The molecular formula is C21H25NO5. The van der Waals surface area contributed by atoms with E-state index < -0.39 is 5.97 Å². The molecule has 0 atom stereocenters. The lowest BCUT2D eigenvalue weighted by atomic mass is 9.86. The van der Waals surface area contributed by atoms with Crippen LogP contribution in [0.2, 0.25) is 0 Å². The first-order chi connectivity index (χ1) is 12.9. The van der Waals surface area contributed by atoms with Gasteiger partial charge in [0.25, 0.3) is 5.91 Å². The summed E-state index contributed by atoms with van der Waals surface area (Å²) in [6, 6.07) is 9.48. The first-order valence-corrected chi connectivity index (χ1v) is 9.25. The first kappa shape index (κ1) is 19.0. The number of carbonyl (C=O) groups excluding carboxylic acids is 1. The molecule has 6 heteroatoms. The number of rotatable bonds is 6. The van der Waals surface area contributed by atoms with Gasteiger partial charge in [0.2, 0.25) is 0 Å². The molecule has 27 heavy (non-hydrogen) atoms. The lowest BCUT2D eigenvalue weighted by molar-refractivity contribution is -0.142. The normalized spacial score (nSPS) is 19.5. The zero-order valence-electron chi connectivity index (χ0n) is 15.7. The van der Waals surface area contributed by atoms with E-state index in [1.165, 1.54) is 0 Å². The molecule has 1 saturated carbocycles. The van der Waals surface area contributed by atoms with Crippen LogP contribution in [0.25, 0.3) is 0 Å². The second-order valence-corrected chi connectivity index (χ2v) is 7.15. The van der Waals surface area contributed by atoms with Crippen LogP contribution in [-0.2, 0) is 11.4 Å². The summed E-state index contributed by atoms with van der Waals surface area (Å²) < 4.78 is 11.4. The van der Waals surface area contributed by atoms with E-state index in [9.17, 15) is 9.59 Å². The number of furan rings is 1. The molecule has 0 spiro atoms. The fraction of sp³-hybridized carbons (Fsp3) is 0.429. The number of benzene rings is 1. The van der Waals surface area contributed by atoms with Crippen molar-refractivity contribution >= 4 is 11.9 Å². The topological polar surface area (TPSA) is 88.8 Å². The SMILES string of the molecule is Cc1ccc(OCc2cc(C(=O)NC3CCC(C(=O)O)CC3)oc2C)cc1. The molecule has 3 rings (SSSR count). The van der Waals surface area contributed by atoms with Crippen LogP contribution in [0.3, 0.4) is 0 Å². The maximum Gasteiger partial charge on any atom is 0.306 e. The molecule has 2 aromatic rings. The Balaban J connectivity index is 1.54. The molecule has 6 nitrogen and oxygen atoms in total. The highest BCUT2D eigenvalue weighted by Gasteiger charge is 2.27. The van der Waals surface area contributed by atoms with Gasteiger partial charge in [0.05, 0.1) is 5.92 Å². The summed E-state index contributed by atoms with van der Waals surface area (Å²) in [5, 5.41) is 12.0. The van der Waals surface area contributed by atoms with Gasteiger partial charge in [0, 0.05) is 11.6 Å². The maximum atomic E-state index is 12.4. The molecule has 1 amide bonds. The van der Waals surface area contributed by atoms with E-state index in [2.05, 4.69) is 5.32 Å². The van der Waals surface area contributed by atoms with Gasteiger partial charge >= 0.3 is 5.97 Å². The summed E-state index contributed by atoms with van der Waals surface area (Å²) in [5.41, 5.74) is 1.99. The molecule has 1 aliphatic rings. The van der Waals surface area contributed by atoms with Crippen LogP contribution in [0.1, 0.15) is 53.1 Å². The number of carboxylic acid groups (broad SMARTS) is 1. The Morgan fingerprint density at radius 2 is 1.81 bits per heavy atom.